The van der Waals surface area contributed by atoms with E-state index in [9.17, 15) is 4.39 Å². The number of hydrogen-bond donors (Lipinski definition) is 1. The Morgan fingerprint density at radius 2 is 1.95 bits per heavy atom. The first-order valence-corrected chi connectivity index (χ1v) is 7.67. The van der Waals surface area contributed by atoms with Crippen LogP contribution in [0.3, 0.4) is 0 Å². The van der Waals surface area contributed by atoms with Gasteiger partial charge in [0.1, 0.15) is 18.2 Å². The van der Waals surface area contributed by atoms with Gasteiger partial charge in [0.25, 0.3) is 0 Å². The van der Waals surface area contributed by atoms with Crippen molar-refractivity contribution in [2.45, 2.75) is 19.6 Å². The van der Waals surface area contributed by atoms with E-state index in [2.05, 4.69) is 31.9 Å². The van der Waals surface area contributed by atoms with E-state index in [1.807, 2.05) is 25.1 Å². The number of ether oxygens (including phenoxy) is 1. The summed E-state index contributed by atoms with van der Waals surface area (Å²) in [6, 6.07) is 10.1. The smallest absolute Gasteiger partial charge is 0.124 e. The van der Waals surface area contributed by atoms with E-state index < -0.39 is 0 Å². The minimum Gasteiger partial charge on any atom is -0.489 e. The van der Waals surface area contributed by atoms with Crippen molar-refractivity contribution < 1.29 is 9.13 Å². The Labute approximate surface area is 134 Å². The van der Waals surface area contributed by atoms with Crippen LogP contribution in [-0.2, 0) is 6.61 Å². The first kappa shape index (κ1) is 15.5. The fraction of sp³-hybridized carbons (Fsp3) is 0.200. The Balaban J connectivity index is 2.18. The molecule has 0 fully saturated rings. The highest BCUT2D eigenvalue weighted by Crippen LogP contribution is 2.29. The average Bonchev–Trinajstić information content (AvgIpc) is 2.38. The molecule has 20 heavy (non-hydrogen) atoms. The molecule has 0 saturated carbocycles. The minimum absolute atomic E-state index is 0.126. The monoisotopic (exact) mass is 401 g/mol. The molecule has 2 aromatic rings. The lowest BCUT2D eigenvalue weighted by molar-refractivity contribution is 0.300. The number of nitrogens with two attached hydrogens (primary N) is 1. The molecule has 0 aliphatic carbocycles. The summed E-state index contributed by atoms with van der Waals surface area (Å²) in [4.78, 5) is 0. The van der Waals surface area contributed by atoms with Crippen LogP contribution in [0.4, 0.5) is 4.39 Å². The molecule has 5 heteroatoms. The molecule has 2 aromatic carbocycles. The number of rotatable bonds is 4. The molecule has 2 nitrogen and oxygen atoms in total. The van der Waals surface area contributed by atoms with E-state index in [0.717, 1.165) is 21.3 Å². The zero-order valence-electron chi connectivity index (χ0n) is 10.9. The van der Waals surface area contributed by atoms with Gasteiger partial charge >= 0.3 is 0 Å². The second-order valence-electron chi connectivity index (χ2n) is 4.50. The molecule has 0 spiro atoms. The van der Waals surface area contributed by atoms with Crippen LogP contribution in [0.2, 0.25) is 0 Å². The highest BCUT2D eigenvalue weighted by Gasteiger charge is 2.10. The topological polar surface area (TPSA) is 35.2 Å². The summed E-state index contributed by atoms with van der Waals surface area (Å²) in [6.07, 6.45) is 0. The third-order valence-corrected chi connectivity index (χ3v) is 4.09. The van der Waals surface area contributed by atoms with Crippen LogP contribution in [0, 0.1) is 5.82 Å². The fourth-order valence-electron chi connectivity index (χ4n) is 1.80. The predicted molar refractivity (Wildman–Crippen MR) is 85.2 cm³/mol. The summed E-state index contributed by atoms with van der Waals surface area (Å²) in [7, 11) is 0. The van der Waals surface area contributed by atoms with Crippen molar-refractivity contribution in [1.82, 2.24) is 0 Å². The zero-order valence-corrected chi connectivity index (χ0v) is 14.0. The molecule has 2 rings (SSSR count). The lowest BCUT2D eigenvalue weighted by Gasteiger charge is -2.15. The van der Waals surface area contributed by atoms with Crippen LogP contribution in [0.25, 0.3) is 0 Å². The molecule has 1 atom stereocenters. The molecule has 0 saturated heterocycles. The van der Waals surface area contributed by atoms with Gasteiger partial charge in [-0.2, -0.15) is 0 Å². The van der Waals surface area contributed by atoms with Crippen LogP contribution in [-0.4, -0.2) is 0 Å². The van der Waals surface area contributed by atoms with Crippen molar-refractivity contribution in [3.05, 3.63) is 62.3 Å². The number of hydrogen-bond acceptors (Lipinski definition) is 2. The van der Waals surface area contributed by atoms with Crippen molar-refractivity contribution in [3.63, 3.8) is 0 Å². The maximum atomic E-state index is 13.0. The van der Waals surface area contributed by atoms with Gasteiger partial charge in [-0.05, 0) is 37.3 Å². The maximum absolute atomic E-state index is 13.0. The van der Waals surface area contributed by atoms with Gasteiger partial charge in [0.05, 0.1) is 0 Å². The van der Waals surface area contributed by atoms with Gasteiger partial charge in [-0.3, -0.25) is 0 Å². The van der Waals surface area contributed by atoms with Crippen LogP contribution >= 0.6 is 31.9 Å². The number of benzene rings is 2. The molecular formula is C15H14Br2FNO. The maximum Gasteiger partial charge on any atom is 0.124 e. The first-order chi connectivity index (χ1) is 9.47. The van der Waals surface area contributed by atoms with Crippen LogP contribution < -0.4 is 10.5 Å². The first-order valence-electron chi connectivity index (χ1n) is 6.09. The molecule has 0 bridgehead atoms. The van der Waals surface area contributed by atoms with Crippen molar-refractivity contribution in [1.29, 1.82) is 0 Å². The Morgan fingerprint density at radius 1 is 1.20 bits per heavy atom. The van der Waals surface area contributed by atoms with Gasteiger partial charge in [0.2, 0.25) is 0 Å². The van der Waals surface area contributed by atoms with Gasteiger partial charge < -0.3 is 10.5 Å². The highest BCUT2D eigenvalue weighted by molar-refractivity contribution is 9.10. The molecular weight excluding hydrogens is 389 g/mol. The largest absolute Gasteiger partial charge is 0.489 e. The predicted octanol–water partition coefficient (Wildman–Crippen LogP) is 4.95. The van der Waals surface area contributed by atoms with Crippen LogP contribution in [0.15, 0.2) is 45.3 Å². The summed E-state index contributed by atoms with van der Waals surface area (Å²) in [5, 5.41) is 0. The number of halogens is 3. The van der Waals surface area contributed by atoms with E-state index in [-0.39, 0.29) is 11.9 Å². The van der Waals surface area contributed by atoms with Crippen LogP contribution in [0.5, 0.6) is 5.75 Å². The molecule has 106 valence electrons. The molecule has 0 aromatic heterocycles. The molecule has 0 aliphatic rings. The average molecular weight is 403 g/mol. The van der Waals surface area contributed by atoms with Gasteiger partial charge in [-0.25, -0.2) is 4.39 Å². The summed E-state index contributed by atoms with van der Waals surface area (Å²) in [6.45, 7) is 2.25. The van der Waals surface area contributed by atoms with Crippen molar-refractivity contribution in [2.75, 3.05) is 0 Å². The Bertz CT molecular complexity index is 617. The van der Waals surface area contributed by atoms with E-state index >= 15 is 0 Å². The molecule has 0 heterocycles. The molecule has 0 amide bonds. The minimum atomic E-state index is -0.277. The summed E-state index contributed by atoms with van der Waals surface area (Å²) < 4.78 is 20.5. The van der Waals surface area contributed by atoms with E-state index in [0.29, 0.717) is 11.1 Å². The van der Waals surface area contributed by atoms with Gasteiger partial charge in [-0.1, -0.05) is 37.9 Å². The van der Waals surface area contributed by atoms with Crippen molar-refractivity contribution >= 4 is 31.9 Å². The quantitative estimate of drug-likeness (QED) is 0.785. The summed E-state index contributed by atoms with van der Waals surface area (Å²) in [5.41, 5.74) is 7.75. The van der Waals surface area contributed by atoms with Crippen molar-refractivity contribution in [3.8, 4) is 5.75 Å². The molecule has 0 aliphatic heterocycles. The zero-order chi connectivity index (χ0) is 14.7. The van der Waals surface area contributed by atoms with E-state index in [1.165, 1.54) is 12.1 Å². The van der Waals surface area contributed by atoms with Gasteiger partial charge in [0.15, 0.2) is 0 Å². The van der Waals surface area contributed by atoms with Gasteiger partial charge in [-0.15, -0.1) is 0 Å². The Kier molecular flexibility index (Phi) is 5.18. The summed E-state index contributed by atoms with van der Waals surface area (Å²) >= 11 is 6.75. The Morgan fingerprint density at radius 3 is 2.60 bits per heavy atom. The van der Waals surface area contributed by atoms with E-state index in [4.69, 9.17) is 10.5 Å². The molecule has 2 N–H and O–H groups in total. The second-order valence-corrected chi connectivity index (χ2v) is 6.27. The molecule has 0 unspecified atom stereocenters. The Hall–Kier alpha value is -0.910. The third-order valence-electron chi connectivity index (χ3n) is 2.86. The standard InChI is InChI=1S/C15H14Br2FNO/c1-9(19)13-6-11(16)3-5-15(13)20-8-10-2-4-12(18)7-14(10)17/h2-7,9H,8,19H2,1H3/t9-/m1/s1. The fourth-order valence-corrected chi connectivity index (χ4v) is 2.64. The third kappa shape index (κ3) is 3.81. The second kappa shape index (κ2) is 6.70. The van der Waals surface area contributed by atoms with Crippen molar-refractivity contribution in [2.24, 2.45) is 5.73 Å². The molecule has 0 radical (unpaired) electrons. The van der Waals surface area contributed by atoms with Crippen LogP contribution in [0.1, 0.15) is 24.1 Å². The normalized spacial score (nSPS) is 12.2. The SMILES string of the molecule is C[C@@H](N)c1cc(Br)ccc1OCc1ccc(F)cc1Br. The lowest BCUT2D eigenvalue weighted by atomic mass is 10.1. The van der Waals surface area contributed by atoms with E-state index in [1.54, 1.807) is 6.07 Å². The lowest BCUT2D eigenvalue weighted by Crippen LogP contribution is -2.08. The van der Waals surface area contributed by atoms with Gasteiger partial charge in [0, 0.05) is 26.1 Å². The highest BCUT2D eigenvalue weighted by atomic mass is 79.9. The summed E-state index contributed by atoms with van der Waals surface area (Å²) in [5.74, 6) is 0.458.